The van der Waals surface area contributed by atoms with Gasteiger partial charge in [0, 0.05) is 50.7 Å². The summed E-state index contributed by atoms with van der Waals surface area (Å²) in [5.41, 5.74) is 2.21. The summed E-state index contributed by atoms with van der Waals surface area (Å²) in [6.45, 7) is 3.66. The molecule has 0 atom stereocenters. The number of benzene rings is 1. The molecule has 0 bridgehead atoms. The molecule has 1 aromatic carbocycles. The fourth-order valence-electron chi connectivity index (χ4n) is 4.16. The fourth-order valence-corrected chi connectivity index (χ4v) is 4.16. The van der Waals surface area contributed by atoms with E-state index in [4.69, 9.17) is 4.42 Å². The molecule has 4 heterocycles. The first kappa shape index (κ1) is 20.1. The van der Waals surface area contributed by atoms with Crippen molar-refractivity contribution in [1.82, 2.24) is 19.7 Å². The van der Waals surface area contributed by atoms with Crippen LogP contribution in [-0.2, 0) is 13.1 Å². The Labute approximate surface area is 185 Å². The third-order valence-corrected chi connectivity index (χ3v) is 5.93. The first-order valence-electron chi connectivity index (χ1n) is 10.5. The van der Waals surface area contributed by atoms with Gasteiger partial charge in [0.15, 0.2) is 0 Å². The van der Waals surface area contributed by atoms with Crippen LogP contribution in [-0.4, -0.2) is 63.6 Å². The van der Waals surface area contributed by atoms with Gasteiger partial charge < -0.3 is 9.32 Å². The Hall–Kier alpha value is -3.78. The zero-order valence-corrected chi connectivity index (χ0v) is 17.4. The maximum Gasteiger partial charge on any atom is 0.261 e. The van der Waals surface area contributed by atoms with Gasteiger partial charge in [-0.1, -0.05) is 0 Å². The standard InChI is InChI=1S/C24H22N4O4/c29-22(27-11-9-26(10-12-27)15-17-5-7-25-8-6-17)18-3-4-20-21(14-18)24(31)28(23(20)30)16-19-2-1-13-32-19/h1-8,13-14H,9-12,15-16H2. The third-order valence-electron chi connectivity index (χ3n) is 5.93. The zero-order valence-electron chi connectivity index (χ0n) is 17.4. The Morgan fingerprint density at radius 3 is 2.38 bits per heavy atom. The smallest absolute Gasteiger partial charge is 0.261 e. The number of aromatic nitrogens is 1. The van der Waals surface area contributed by atoms with Gasteiger partial charge in [0.25, 0.3) is 17.7 Å². The monoisotopic (exact) mass is 430 g/mol. The Morgan fingerprint density at radius 1 is 0.906 bits per heavy atom. The predicted molar refractivity (Wildman–Crippen MR) is 115 cm³/mol. The molecule has 2 aromatic heterocycles. The Balaban J connectivity index is 1.25. The number of carbonyl (C=O) groups is 3. The van der Waals surface area contributed by atoms with Gasteiger partial charge in [0.2, 0.25) is 0 Å². The fraction of sp³-hybridized carbons (Fsp3) is 0.250. The van der Waals surface area contributed by atoms with Crippen molar-refractivity contribution in [3.05, 3.63) is 89.1 Å². The number of carbonyl (C=O) groups excluding carboxylic acids is 3. The van der Waals surface area contributed by atoms with Gasteiger partial charge in [-0.2, -0.15) is 0 Å². The van der Waals surface area contributed by atoms with Crippen molar-refractivity contribution in [2.45, 2.75) is 13.1 Å². The molecule has 32 heavy (non-hydrogen) atoms. The molecule has 0 unspecified atom stereocenters. The van der Waals surface area contributed by atoms with Gasteiger partial charge in [-0.05, 0) is 48.0 Å². The lowest BCUT2D eigenvalue weighted by atomic mass is 10.0. The number of piperazine rings is 1. The molecule has 0 radical (unpaired) electrons. The summed E-state index contributed by atoms with van der Waals surface area (Å²) in [6.07, 6.45) is 5.07. The minimum atomic E-state index is -0.404. The molecule has 0 N–H and O–H groups in total. The van der Waals surface area contributed by atoms with E-state index in [9.17, 15) is 14.4 Å². The quantitative estimate of drug-likeness (QED) is 0.578. The molecule has 162 valence electrons. The summed E-state index contributed by atoms with van der Waals surface area (Å²) in [4.78, 5) is 47.8. The zero-order chi connectivity index (χ0) is 22.1. The normalized spacial score (nSPS) is 16.5. The second kappa shape index (κ2) is 8.39. The lowest BCUT2D eigenvalue weighted by Gasteiger charge is -2.34. The SMILES string of the molecule is O=C(c1ccc2c(c1)C(=O)N(Cc1ccco1)C2=O)N1CCN(Cc2ccncc2)CC1. The van der Waals surface area contributed by atoms with Crippen molar-refractivity contribution < 1.29 is 18.8 Å². The van der Waals surface area contributed by atoms with E-state index in [0.29, 0.717) is 30.0 Å². The molecule has 2 aliphatic rings. The van der Waals surface area contributed by atoms with E-state index in [1.807, 2.05) is 12.1 Å². The molecule has 3 amide bonds. The van der Waals surface area contributed by atoms with E-state index < -0.39 is 5.91 Å². The molecule has 0 spiro atoms. The third kappa shape index (κ3) is 3.80. The van der Waals surface area contributed by atoms with Gasteiger partial charge in [0.1, 0.15) is 5.76 Å². The van der Waals surface area contributed by atoms with Gasteiger partial charge in [0.05, 0.1) is 23.9 Å². The maximum absolute atomic E-state index is 13.1. The number of imide groups is 1. The average Bonchev–Trinajstić information content (AvgIpc) is 3.43. The molecular weight excluding hydrogens is 408 g/mol. The minimum absolute atomic E-state index is 0.0715. The van der Waals surface area contributed by atoms with Gasteiger partial charge in [-0.15, -0.1) is 0 Å². The van der Waals surface area contributed by atoms with Crippen LogP contribution in [0.2, 0.25) is 0 Å². The van der Waals surface area contributed by atoms with Crippen LogP contribution in [0.15, 0.2) is 65.5 Å². The van der Waals surface area contributed by atoms with E-state index in [1.165, 1.54) is 11.8 Å². The van der Waals surface area contributed by atoms with Crippen LogP contribution in [0.5, 0.6) is 0 Å². The van der Waals surface area contributed by atoms with Crippen molar-refractivity contribution in [3.8, 4) is 0 Å². The van der Waals surface area contributed by atoms with Crippen LogP contribution in [0.25, 0.3) is 0 Å². The number of amides is 3. The molecule has 1 saturated heterocycles. The summed E-state index contributed by atoms with van der Waals surface area (Å²) >= 11 is 0. The Bertz CT molecular complexity index is 1150. The molecule has 0 aliphatic carbocycles. The lowest BCUT2D eigenvalue weighted by molar-refractivity contribution is 0.0623. The summed E-state index contributed by atoms with van der Waals surface area (Å²) in [5, 5.41) is 0. The molecule has 0 saturated carbocycles. The van der Waals surface area contributed by atoms with E-state index >= 15 is 0 Å². The number of furan rings is 1. The molecule has 3 aromatic rings. The van der Waals surface area contributed by atoms with E-state index in [0.717, 1.165) is 24.5 Å². The van der Waals surface area contributed by atoms with Crippen LogP contribution < -0.4 is 0 Å². The van der Waals surface area contributed by atoms with Crippen molar-refractivity contribution in [3.63, 3.8) is 0 Å². The minimum Gasteiger partial charge on any atom is -0.467 e. The van der Waals surface area contributed by atoms with E-state index in [1.54, 1.807) is 47.6 Å². The van der Waals surface area contributed by atoms with Crippen molar-refractivity contribution in [2.75, 3.05) is 26.2 Å². The summed E-state index contributed by atoms with van der Waals surface area (Å²) in [6, 6.07) is 12.2. The molecule has 5 rings (SSSR count). The highest BCUT2D eigenvalue weighted by atomic mass is 16.3. The number of hydrogen-bond donors (Lipinski definition) is 0. The lowest BCUT2D eigenvalue weighted by Crippen LogP contribution is -2.48. The van der Waals surface area contributed by atoms with Crippen LogP contribution in [0.3, 0.4) is 0 Å². The van der Waals surface area contributed by atoms with Gasteiger partial charge in [-0.25, -0.2) is 0 Å². The summed E-state index contributed by atoms with van der Waals surface area (Å²) < 4.78 is 5.26. The topological polar surface area (TPSA) is 87.0 Å². The molecule has 1 fully saturated rings. The molecule has 8 nitrogen and oxygen atoms in total. The largest absolute Gasteiger partial charge is 0.467 e. The van der Waals surface area contributed by atoms with Crippen molar-refractivity contribution in [2.24, 2.45) is 0 Å². The number of pyridine rings is 1. The highest BCUT2D eigenvalue weighted by Crippen LogP contribution is 2.26. The highest BCUT2D eigenvalue weighted by molar-refractivity contribution is 6.22. The molecule has 2 aliphatic heterocycles. The van der Waals surface area contributed by atoms with Crippen LogP contribution in [0.1, 0.15) is 42.4 Å². The molecule has 8 heteroatoms. The molecular formula is C24H22N4O4. The van der Waals surface area contributed by atoms with Gasteiger partial charge >= 0.3 is 0 Å². The second-order valence-corrected chi connectivity index (χ2v) is 7.96. The first-order chi connectivity index (χ1) is 15.6. The summed E-state index contributed by atoms with van der Waals surface area (Å²) in [5.74, 6) is -0.370. The second-order valence-electron chi connectivity index (χ2n) is 7.96. The van der Waals surface area contributed by atoms with Crippen molar-refractivity contribution in [1.29, 1.82) is 0 Å². The number of hydrogen-bond acceptors (Lipinski definition) is 6. The summed E-state index contributed by atoms with van der Waals surface area (Å²) in [7, 11) is 0. The van der Waals surface area contributed by atoms with Crippen molar-refractivity contribution >= 4 is 17.7 Å². The van der Waals surface area contributed by atoms with Crippen LogP contribution >= 0.6 is 0 Å². The highest BCUT2D eigenvalue weighted by Gasteiger charge is 2.37. The number of fused-ring (bicyclic) bond motifs is 1. The Morgan fingerprint density at radius 2 is 1.66 bits per heavy atom. The van der Waals surface area contributed by atoms with E-state index in [-0.39, 0.29) is 23.9 Å². The van der Waals surface area contributed by atoms with Crippen LogP contribution in [0, 0.1) is 0 Å². The average molecular weight is 430 g/mol. The van der Waals surface area contributed by atoms with Crippen LogP contribution in [0.4, 0.5) is 0 Å². The van der Waals surface area contributed by atoms with Gasteiger partial charge in [-0.3, -0.25) is 29.2 Å². The predicted octanol–water partition coefficient (Wildman–Crippen LogP) is 2.43. The number of nitrogens with zero attached hydrogens (tertiary/aromatic N) is 4. The first-order valence-corrected chi connectivity index (χ1v) is 10.5. The number of rotatable bonds is 5. The Kier molecular flexibility index (Phi) is 5.28. The van der Waals surface area contributed by atoms with E-state index in [2.05, 4.69) is 9.88 Å². The maximum atomic E-state index is 13.1.